The predicted octanol–water partition coefficient (Wildman–Crippen LogP) is 1.67. The fraction of sp³-hybridized carbons (Fsp3) is 0.333. The largest absolute Gasteiger partial charge is 0.478 e. The van der Waals surface area contributed by atoms with Crippen molar-refractivity contribution in [1.82, 2.24) is 5.32 Å². The van der Waals surface area contributed by atoms with Gasteiger partial charge in [-0.05, 0) is 25.1 Å². The number of hydrogen-bond acceptors (Lipinski definition) is 3. The number of carbonyl (C=O) groups excluding carboxylic acids is 1. The highest BCUT2D eigenvalue weighted by Crippen LogP contribution is 2.20. The van der Waals surface area contributed by atoms with Crippen LogP contribution in [0.25, 0.3) is 0 Å². The van der Waals surface area contributed by atoms with Gasteiger partial charge in [-0.3, -0.25) is 9.00 Å². The van der Waals surface area contributed by atoms with E-state index in [1.165, 1.54) is 18.2 Å². The second kappa shape index (κ2) is 7.25. The zero-order valence-corrected chi connectivity index (χ0v) is 11.9. The molecule has 5 nitrogen and oxygen atoms in total. The number of carbonyl (C=O) groups is 2. The summed E-state index contributed by atoms with van der Waals surface area (Å²) in [4.78, 5) is 22.5. The van der Waals surface area contributed by atoms with Gasteiger partial charge >= 0.3 is 5.97 Å². The number of carboxylic acids is 1. The molecule has 7 heteroatoms. The Morgan fingerprint density at radius 1 is 1.42 bits per heavy atom. The number of carboxylic acid groups (broad SMARTS) is 1. The molecule has 0 fully saturated rings. The number of benzene rings is 1. The maximum Gasteiger partial charge on any atom is 0.337 e. The number of nitrogens with one attached hydrogen (secondary N) is 1. The van der Waals surface area contributed by atoms with Crippen molar-refractivity contribution >= 4 is 34.3 Å². The van der Waals surface area contributed by atoms with E-state index in [0.717, 1.165) is 0 Å². The van der Waals surface area contributed by atoms with Crippen LogP contribution >= 0.6 is 11.6 Å². The van der Waals surface area contributed by atoms with Crippen LogP contribution in [0.4, 0.5) is 0 Å². The predicted molar refractivity (Wildman–Crippen MR) is 73.0 cm³/mol. The Morgan fingerprint density at radius 2 is 2.11 bits per heavy atom. The second-order valence-electron chi connectivity index (χ2n) is 3.70. The lowest BCUT2D eigenvalue weighted by Crippen LogP contribution is -2.24. The zero-order chi connectivity index (χ0) is 14.4. The first-order valence-corrected chi connectivity index (χ1v) is 7.33. The fourth-order valence-electron chi connectivity index (χ4n) is 1.40. The lowest BCUT2D eigenvalue weighted by molar-refractivity contribution is -0.120. The van der Waals surface area contributed by atoms with Crippen molar-refractivity contribution in [3.63, 3.8) is 0 Å². The van der Waals surface area contributed by atoms with Gasteiger partial charge in [-0.15, -0.1) is 0 Å². The van der Waals surface area contributed by atoms with Crippen LogP contribution in [0.3, 0.4) is 0 Å². The summed E-state index contributed by atoms with van der Waals surface area (Å²) in [6, 6.07) is 4.17. The number of aromatic carboxylic acids is 1. The van der Waals surface area contributed by atoms with Crippen LogP contribution in [-0.2, 0) is 15.6 Å². The highest BCUT2D eigenvalue weighted by molar-refractivity contribution is 7.85. The minimum absolute atomic E-state index is 0.0921. The molecule has 1 unspecified atom stereocenters. The molecule has 0 saturated heterocycles. The first-order valence-electron chi connectivity index (χ1n) is 5.63. The minimum Gasteiger partial charge on any atom is -0.478 e. The Balaban J connectivity index is 2.75. The lowest BCUT2D eigenvalue weighted by Gasteiger charge is -2.05. The van der Waals surface area contributed by atoms with E-state index < -0.39 is 16.8 Å². The number of rotatable bonds is 6. The third-order valence-electron chi connectivity index (χ3n) is 2.32. The summed E-state index contributed by atoms with van der Waals surface area (Å²) >= 11 is 5.72. The third kappa shape index (κ3) is 4.65. The van der Waals surface area contributed by atoms with Crippen LogP contribution in [0.15, 0.2) is 23.1 Å². The van der Waals surface area contributed by atoms with E-state index in [0.29, 0.717) is 11.4 Å². The van der Waals surface area contributed by atoms with Crippen LogP contribution in [0.5, 0.6) is 0 Å². The fourth-order valence-corrected chi connectivity index (χ4v) is 2.67. The zero-order valence-electron chi connectivity index (χ0n) is 10.3. The average molecular weight is 304 g/mol. The van der Waals surface area contributed by atoms with Crippen molar-refractivity contribution in [2.24, 2.45) is 0 Å². The van der Waals surface area contributed by atoms with Gasteiger partial charge in [0.1, 0.15) is 0 Å². The molecule has 1 rings (SSSR count). The Morgan fingerprint density at radius 3 is 2.68 bits per heavy atom. The van der Waals surface area contributed by atoms with Crippen molar-refractivity contribution in [3.8, 4) is 0 Å². The van der Waals surface area contributed by atoms with Crippen molar-refractivity contribution < 1.29 is 18.9 Å². The molecule has 0 aliphatic carbocycles. The first-order chi connectivity index (χ1) is 8.95. The Bertz CT molecular complexity index is 518. The van der Waals surface area contributed by atoms with E-state index in [1.54, 1.807) is 6.92 Å². The summed E-state index contributed by atoms with van der Waals surface area (Å²) in [6.07, 6.45) is 0.130. The molecule has 0 heterocycles. The molecular weight excluding hydrogens is 290 g/mol. The van der Waals surface area contributed by atoms with E-state index in [-0.39, 0.29) is 28.7 Å². The van der Waals surface area contributed by atoms with Crippen molar-refractivity contribution in [3.05, 3.63) is 28.8 Å². The highest BCUT2D eigenvalue weighted by atomic mass is 35.5. The maximum atomic E-state index is 11.9. The molecule has 0 saturated carbocycles. The molecule has 1 aromatic rings. The molecule has 1 amide bonds. The van der Waals surface area contributed by atoms with Crippen molar-refractivity contribution in [2.75, 3.05) is 12.3 Å². The number of amides is 1. The van der Waals surface area contributed by atoms with E-state index in [1.807, 2.05) is 0 Å². The molecule has 0 spiro atoms. The van der Waals surface area contributed by atoms with Gasteiger partial charge in [-0.2, -0.15) is 0 Å². The molecule has 0 aliphatic rings. The molecule has 2 N–H and O–H groups in total. The number of hydrogen-bond donors (Lipinski definition) is 2. The van der Waals surface area contributed by atoms with Crippen LogP contribution in [0, 0.1) is 0 Å². The van der Waals surface area contributed by atoms with Gasteiger partial charge in [-0.25, -0.2) is 4.79 Å². The molecule has 19 heavy (non-hydrogen) atoms. The van der Waals surface area contributed by atoms with Crippen LogP contribution < -0.4 is 5.32 Å². The lowest BCUT2D eigenvalue weighted by atomic mass is 10.2. The van der Waals surface area contributed by atoms with Gasteiger partial charge in [0.05, 0.1) is 21.4 Å². The van der Waals surface area contributed by atoms with Crippen LogP contribution in [-0.4, -0.2) is 33.5 Å². The van der Waals surface area contributed by atoms with Crippen molar-refractivity contribution in [1.29, 1.82) is 0 Å². The van der Waals surface area contributed by atoms with Crippen LogP contribution in [0.2, 0.25) is 5.02 Å². The van der Waals surface area contributed by atoms with Gasteiger partial charge in [0.2, 0.25) is 5.91 Å². The standard InChI is InChI=1S/C12H14ClNO4S/c1-2-14-11(15)5-6-19(18)8-3-4-10(13)9(7-8)12(16)17/h3-4,7H,2,5-6H2,1H3,(H,14,15)(H,16,17). The first kappa shape index (κ1) is 15.7. The Hall–Kier alpha value is -1.40. The smallest absolute Gasteiger partial charge is 0.337 e. The summed E-state index contributed by atoms with van der Waals surface area (Å²) in [6.45, 7) is 2.32. The van der Waals surface area contributed by atoms with Gasteiger partial charge in [0, 0.05) is 23.6 Å². The third-order valence-corrected chi connectivity index (χ3v) is 4.00. The second-order valence-corrected chi connectivity index (χ2v) is 5.68. The molecule has 0 aliphatic heterocycles. The molecule has 1 aromatic carbocycles. The summed E-state index contributed by atoms with van der Waals surface area (Å²) in [5, 5.41) is 11.6. The SMILES string of the molecule is CCNC(=O)CCS(=O)c1ccc(Cl)c(C(=O)O)c1. The monoisotopic (exact) mass is 303 g/mol. The minimum atomic E-state index is -1.43. The Labute approximate surface area is 118 Å². The summed E-state index contributed by atoms with van der Waals surface area (Å²) in [5.74, 6) is -1.21. The average Bonchev–Trinajstić information content (AvgIpc) is 2.36. The summed E-state index contributed by atoms with van der Waals surface area (Å²) in [7, 11) is -1.43. The number of halogens is 1. The normalized spacial score (nSPS) is 11.9. The molecule has 1 atom stereocenters. The van der Waals surface area contributed by atoms with E-state index in [2.05, 4.69) is 5.32 Å². The summed E-state index contributed by atoms with van der Waals surface area (Å²) in [5.41, 5.74) is -0.0921. The molecule has 104 valence electrons. The van der Waals surface area contributed by atoms with E-state index in [9.17, 15) is 13.8 Å². The summed E-state index contributed by atoms with van der Waals surface area (Å²) < 4.78 is 11.9. The van der Waals surface area contributed by atoms with E-state index in [4.69, 9.17) is 16.7 Å². The maximum absolute atomic E-state index is 11.9. The highest BCUT2D eigenvalue weighted by Gasteiger charge is 2.13. The van der Waals surface area contributed by atoms with Crippen LogP contribution in [0.1, 0.15) is 23.7 Å². The Kier molecular flexibility index (Phi) is 5.98. The van der Waals surface area contributed by atoms with Gasteiger partial charge < -0.3 is 10.4 Å². The molecule has 0 bridgehead atoms. The molecule has 0 radical (unpaired) electrons. The van der Waals surface area contributed by atoms with Gasteiger partial charge in [0.25, 0.3) is 0 Å². The topological polar surface area (TPSA) is 83.5 Å². The quantitative estimate of drug-likeness (QED) is 0.837. The van der Waals surface area contributed by atoms with Gasteiger partial charge in [0.15, 0.2) is 0 Å². The van der Waals surface area contributed by atoms with E-state index >= 15 is 0 Å². The van der Waals surface area contributed by atoms with Crippen molar-refractivity contribution in [2.45, 2.75) is 18.2 Å². The molecular formula is C12H14ClNO4S. The molecule has 0 aromatic heterocycles. The van der Waals surface area contributed by atoms with Gasteiger partial charge in [-0.1, -0.05) is 11.6 Å².